The fraction of sp³-hybridized carbons (Fsp3) is 0.875. The predicted molar refractivity (Wildman–Crippen MR) is 84.6 cm³/mol. The standard InChI is InChI=1S/C16H31N3O2/c1-11(2)15(21)19-8-6-12(7-9-19)18-14(20)10-13(17)16(3,4)5/h11-13H,6-10,17H2,1-5H3,(H,18,20). The Labute approximate surface area is 128 Å². The second-order valence-electron chi connectivity index (χ2n) is 7.50. The van der Waals surface area contributed by atoms with Crippen molar-refractivity contribution in [2.75, 3.05) is 13.1 Å². The molecule has 122 valence electrons. The lowest BCUT2D eigenvalue weighted by atomic mass is 9.85. The van der Waals surface area contributed by atoms with E-state index < -0.39 is 0 Å². The number of rotatable bonds is 4. The minimum absolute atomic E-state index is 0.0195. The summed E-state index contributed by atoms with van der Waals surface area (Å²) in [4.78, 5) is 25.8. The zero-order chi connectivity index (χ0) is 16.2. The lowest BCUT2D eigenvalue weighted by Gasteiger charge is -2.34. The molecule has 0 radical (unpaired) electrons. The van der Waals surface area contributed by atoms with Gasteiger partial charge in [0.05, 0.1) is 0 Å². The summed E-state index contributed by atoms with van der Waals surface area (Å²) in [6.07, 6.45) is 2.01. The van der Waals surface area contributed by atoms with Gasteiger partial charge in [0.2, 0.25) is 11.8 Å². The zero-order valence-corrected chi connectivity index (χ0v) is 14.1. The number of likely N-dealkylation sites (tertiary alicyclic amines) is 1. The molecule has 0 bridgehead atoms. The second-order valence-corrected chi connectivity index (χ2v) is 7.50. The summed E-state index contributed by atoms with van der Waals surface area (Å²) >= 11 is 0. The molecule has 0 aliphatic carbocycles. The molecule has 1 saturated heterocycles. The first kappa shape index (κ1) is 18.0. The molecule has 0 aromatic heterocycles. The Bertz CT molecular complexity index is 366. The van der Waals surface area contributed by atoms with E-state index >= 15 is 0 Å². The fourth-order valence-electron chi connectivity index (χ4n) is 2.40. The van der Waals surface area contributed by atoms with Gasteiger partial charge in [-0.15, -0.1) is 0 Å². The molecule has 1 aliphatic rings. The van der Waals surface area contributed by atoms with Crippen molar-refractivity contribution in [2.24, 2.45) is 17.1 Å². The summed E-state index contributed by atoms with van der Waals surface area (Å²) in [5.41, 5.74) is 5.97. The van der Waals surface area contributed by atoms with E-state index in [2.05, 4.69) is 5.32 Å². The molecule has 2 amide bonds. The highest BCUT2D eigenvalue weighted by Gasteiger charge is 2.27. The number of nitrogens with two attached hydrogens (primary N) is 1. The van der Waals surface area contributed by atoms with Crippen LogP contribution in [0.15, 0.2) is 0 Å². The van der Waals surface area contributed by atoms with Crippen LogP contribution >= 0.6 is 0 Å². The molecule has 1 rings (SSSR count). The lowest BCUT2D eigenvalue weighted by molar-refractivity contribution is -0.135. The molecule has 0 spiro atoms. The van der Waals surface area contributed by atoms with Crippen LogP contribution in [0.25, 0.3) is 0 Å². The van der Waals surface area contributed by atoms with Crippen LogP contribution in [-0.4, -0.2) is 41.9 Å². The topological polar surface area (TPSA) is 75.4 Å². The molecule has 21 heavy (non-hydrogen) atoms. The Morgan fingerprint density at radius 3 is 2.19 bits per heavy atom. The van der Waals surface area contributed by atoms with Crippen LogP contribution in [0.4, 0.5) is 0 Å². The minimum Gasteiger partial charge on any atom is -0.353 e. The van der Waals surface area contributed by atoms with Gasteiger partial charge < -0.3 is 16.0 Å². The van der Waals surface area contributed by atoms with E-state index in [1.807, 2.05) is 39.5 Å². The van der Waals surface area contributed by atoms with Crippen molar-refractivity contribution >= 4 is 11.8 Å². The number of carbonyl (C=O) groups is 2. The first-order valence-electron chi connectivity index (χ1n) is 7.95. The molecule has 1 aliphatic heterocycles. The smallest absolute Gasteiger partial charge is 0.225 e. The molecule has 5 heteroatoms. The molecule has 1 unspecified atom stereocenters. The molecule has 0 aromatic rings. The van der Waals surface area contributed by atoms with Gasteiger partial charge in [-0.05, 0) is 18.3 Å². The average Bonchev–Trinajstić information content (AvgIpc) is 2.37. The van der Waals surface area contributed by atoms with Gasteiger partial charge in [-0.3, -0.25) is 9.59 Å². The molecule has 1 heterocycles. The summed E-state index contributed by atoms with van der Waals surface area (Å²) in [5.74, 6) is 0.265. The Morgan fingerprint density at radius 1 is 1.24 bits per heavy atom. The summed E-state index contributed by atoms with van der Waals surface area (Å²) in [6, 6.07) is 0.0287. The van der Waals surface area contributed by atoms with E-state index in [0.29, 0.717) is 6.42 Å². The van der Waals surface area contributed by atoms with Gasteiger partial charge in [-0.2, -0.15) is 0 Å². The molecule has 3 N–H and O–H groups in total. The Hall–Kier alpha value is -1.10. The average molecular weight is 297 g/mol. The largest absolute Gasteiger partial charge is 0.353 e. The van der Waals surface area contributed by atoms with Gasteiger partial charge in [-0.1, -0.05) is 34.6 Å². The van der Waals surface area contributed by atoms with E-state index in [-0.39, 0.29) is 35.2 Å². The van der Waals surface area contributed by atoms with E-state index in [1.165, 1.54) is 0 Å². The summed E-state index contributed by atoms with van der Waals surface area (Å²) < 4.78 is 0. The predicted octanol–water partition coefficient (Wildman–Crippen LogP) is 1.51. The summed E-state index contributed by atoms with van der Waals surface area (Å²) in [5, 5.41) is 3.05. The highest BCUT2D eigenvalue weighted by atomic mass is 16.2. The van der Waals surface area contributed by atoms with Crippen molar-refractivity contribution < 1.29 is 9.59 Å². The van der Waals surface area contributed by atoms with Gasteiger partial charge >= 0.3 is 0 Å². The lowest BCUT2D eigenvalue weighted by Crippen LogP contribution is -2.49. The number of carbonyl (C=O) groups excluding carboxylic acids is 2. The third-order valence-corrected chi connectivity index (χ3v) is 4.18. The minimum atomic E-state index is -0.139. The van der Waals surface area contributed by atoms with Gasteiger partial charge in [-0.25, -0.2) is 0 Å². The van der Waals surface area contributed by atoms with Crippen molar-refractivity contribution in [3.63, 3.8) is 0 Å². The third-order valence-electron chi connectivity index (χ3n) is 4.18. The van der Waals surface area contributed by atoms with Crippen LogP contribution in [0.1, 0.15) is 53.9 Å². The Balaban J connectivity index is 2.36. The quantitative estimate of drug-likeness (QED) is 0.826. The van der Waals surface area contributed by atoms with Crippen LogP contribution in [0.2, 0.25) is 0 Å². The van der Waals surface area contributed by atoms with Crippen LogP contribution < -0.4 is 11.1 Å². The maximum Gasteiger partial charge on any atom is 0.225 e. The van der Waals surface area contributed by atoms with Crippen LogP contribution in [-0.2, 0) is 9.59 Å². The zero-order valence-electron chi connectivity index (χ0n) is 14.1. The molecular formula is C16H31N3O2. The van der Waals surface area contributed by atoms with Crippen molar-refractivity contribution in [3.05, 3.63) is 0 Å². The molecular weight excluding hydrogens is 266 g/mol. The van der Waals surface area contributed by atoms with Crippen molar-refractivity contribution in [3.8, 4) is 0 Å². The number of amides is 2. The highest BCUT2D eigenvalue weighted by molar-refractivity contribution is 5.78. The number of hydrogen-bond donors (Lipinski definition) is 2. The first-order valence-corrected chi connectivity index (χ1v) is 7.95. The normalized spacial score (nSPS) is 18.7. The summed E-state index contributed by atoms with van der Waals surface area (Å²) in [7, 11) is 0. The fourth-order valence-corrected chi connectivity index (χ4v) is 2.40. The van der Waals surface area contributed by atoms with Crippen molar-refractivity contribution in [1.82, 2.24) is 10.2 Å². The monoisotopic (exact) mass is 297 g/mol. The Kier molecular flexibility index (Phi) is 6.20. The van der Waals surface area contributed by atoms with Gasteiger partial charge in [0.15, 0.2) is 0 Å². The van der Waals surface area contributed by atoms with Crippen LogP contribution in [0.3, 0.4) is 0 Å². The maximum absolute atomic E-state index is 12.0. The molecule has 5 nitrogen and oxygen atoms in total. The van der Waals surface area contributed by atoms with Gasteiger partial charge in [0.1, 0.15) is 0 Å². The van der Waals surface area contributed by atoms with Crippen molar-refractivity contribution in [2.45, 2.75) is 66.0 Å². The number of hydrogen-bond acceptors (Lipinski definition) is 3. The molecule has 1 fully saturated rings. The number of piperidine rings is 1. The van der Waals surface area contributed by atoms with Gasteiger partial charge in [0, 0.05) is 37.5 Å². The highest BCUT2D eigenvalue weighted by Crippen LogP contribution is 2.20. The van der Waals surface area contributed by atoms with E-state index in [0.717, 1.165) is 25.9 Å². The second kappa shape index (κ2) is 7.25. The van der Waals surface area contributed by atoms with E-state index in [1.54, 1.807) is 0 Å². The number of nitrogens with zero attached hydrogens (tertiary/aromatic N) is 1. The third kappa shape index (κ3) is 5.65. The first-order chi connectivity index (χ1) is 9.61. The van der Waals surface area contributed by atoms with E-state index in [9.17, 15) is 9.59 Å². The van der Waals surface area contributed by atoms with Gasteiger partial charge in [0.25, 0.3) is 0 Å². The SMILES string of the molecule is CC(C)C(=O)N1CCC(NC(=O)CC(N)C(C)(C)C)CC1. The van der Waals surface area contributed by atoms with Crippen LogP contribution in [0, 0.1) is 11.3 Å². The molecule has 1 atom stereocenters. The maximum atomic E-state index is 12.0. The van der Waals surface area contributed by atoms with E-state index in [4.69, 9.17) is 5.73 Å². The molecule has 0 aromatic carbocycles. The van der Waals surface area contributed by atoms with Crippen molar-refractivity contribution in [1.29, 1.82) is 0 Å². The summed E-state index contributed by atoms with van der Waals surface area (Å²) in [6.45, 7) is 11.4. The van der Waals surface area contributed by atoms with Crippen LogP contribution in [0.5, 0.6) is 0 Å². The Morgan fingerprint density at radius 2 is 1.76 bits per heavy atom. The molecule has 0 saturated carbocycles. The number of nitrogens with one attached hydrogen (secondary N) is 1.